The Morgan fingerprint density at radius 1 is 0.697 bits per heavy atom. The molecule has 0 fully saturated rings. The Kier molecular flexibility index (Phi) is 6.10. The van der Waals surface area contributed by atoms with Gasteiger partial charge in [-0.15, -0.1) is 0 Å². The Morgan fingerprint density at radius 2 is 1.39 bits per heavy atom. The van der Waals surface area contributed by atoms with Crippen LogP contribution in [0.1, 0.15) is 26.3 Å². The molecule has 4 heteroatoms. The third-order valence-electron chi connectivity index (χ3n) is 5.89. The molecule has 0 amide bonds. The zero-order valence-electron chi connectivity index (χ0n) is 19.8. The van der Waals surface area contributed by atoms with Crippen LogP contribution in [0, 0.1) is 0 Å². The lowest BCUT2D eigenvalue weighted by molar-refractivity contribution is 0.395. The molecule has 3 aromatic carbocycles. The molecule has 4 rings (SSSR count). The summed E-state index contributed by atoms with van der Waals surface area (Å²) >= 11 is 0. The van der Waals surface area contributed by atoms with Crippen LogP contribution in [0.5, 0.6) is 11.5 Å². The van der Waals surface area contributed by atoms with Gasteiger partial charge in [-0.3, -0.25) is 4.98 Å². The second-order valence-electron chi connectivity index (χ2n) is 9.13. The fourth-order valence-electron chi connectivity index (χ4n) is 3.92. The van der Waals surface area contributed by atoms with Crippen molar-refractivity contribution in [2.24, 2.45) is 0 Å². The molecule has 0 unspecified atom stereocenters. The number of benzene rings is 3. The first-order valence-corrected chi connectivity index (χ1v) is 11.0. The van der Waals surface area contributed by atoms with Crippen LogP contribution >= 0.6 is 0 Å². The van der Waals surface area contributed by atoms with Crippen LogP contribution in [0.2, 0.25) is 0 Å². The van der Waals surface area contributed by atoms with Crippen LogP contribution in [0.3, 0.4) is 0 Å². The van der Waals surface area contributed by atoms with Crippen LogP contribution in [0.25, 0.3) is 33.5 Å². The molecular weight excluding hydrogens is 408 g/mol. The summed E-state index contributed by atoms with van der Waals surface area (Å²) in [5.74, 6) is 1.45. The lowest BCUT2D eigenvalue weighted by Gasteiger charge is -2.19. The highest BCUT2D eigenvalue weighted by atomic mass is 16.5. The number of rotatable bonds is 5. The lowest BCUT2D eigenvalue weighted by atomic mass is 9.86. The van der Waals surface area contributed by atoms with Crippen LogP contribution in [0.15, 0.2) is 79.0 Å². The van der Waals surface area contributed by atoms with E-state index in [0.29, 0.717) is 5.75 Å². The van der Waals surface area contributed by atoms with Gasteiger partial charge in [0.1, 0.15) is 11.5 Å². The van der Waals surface area contributed by atoms with Gasteiger partial charge in [-0.1, -0.05) is 57.2 Å². The molecule has 0 spiro atoms. The molecule has 0 radical (unpaired) electrons. The molecule has 0 aliphatic carbocycles. The van der Waals surface area contributed by atoms with E-state index in [9.17, 15) is 0 Å². The van der Waals surface area contributed by atoms with Gasteiger partial charge in [-0.25, -0.2) is 0 Å². The number of ether oxygens (including phenoxy) is 2. The standard InChI is InChI=1S/C29H30N2O2/c1-29(2,3)22-9-6-19(7-10-22)20-8-12-24(26(30)16-20)21-14-15-31-27(17-21)25-13-11-23(32-4)18-28(25)33-5/h6-18H,30H2,1-5H3. The predicted molar refractivity (Wildman–Crippen MR) is 137 cm³/mol. The van der Waals surface area contributed by atoms with E-state index in [0.717, 1.165) is 44.9 Å². The summed E-state index contributed by atoms with van der Waals surface area (Å²) < 4.78 is 10.9. The van der Waals surface area contributed by atoms with Crippen molar-refractivity contribution >= 4 is 5.69 Å². The van der Waals surface area contributed by atoms with Gasteiger partial charge in [0.15, 0.2) is 0 Å². The summed E-state index contributed by atoms with van der Waals surface area (Å²) in [5, 5.41) is 0. The maximum Gasteiger partial charge on any atom is 0.131 e. The van der Waals surface area contributed by atoms with Crippen LogP contribution in [0.4, 0.5) is 5.69 Å². The third kappa shape index (κ3) is 4.70. The van der Waals surface area contributed by atoms with Gasteiger partial charge in [-0.05, 0) is 58.0 Å². The van der Waals surface area contributed by atoms with Crippen LogP contribution in [-0.2, 0) is 5.41 Å². The molecule has 1 heterocycles. The SMILES string of the molecule is COc1ccc(-c2cc(-c3ccc(-c4ccc(C(C)(C)C)cc4)cc3N)ccn2)c(OC)c1. The van der Waals surface area contributed by atoms with E-state index in [-0.39, 0.29) is 5.41 Å². The number of anilines is 1. The minimum atomic E-state index is 0.132. The van der Waals surface area contributed by atoms with Crippen molar-refractivity contribution in [3.05, 3.63) is 84.6 Å². The molecule has 0 aliphatic heterocycles. The number of aromatic nitrogens is 1. The van der Waals surface area contributed by atoms with Gasteiger partial charge in [0, 0.05) is 29.1 Å². The highest BCUT2D eigenvalue weighted by molar-refractivity contribution is 5.83. The molecule has 33 heavy (non-hydrogen) atoms. The Balaban J connectivity index is 1.67. The van der Waals surface area contributed by atoms with Crippen molar-refractivity contribution in [3.63, 3.8) is 0 Å². The second kappa shape index (κ2) is 8.99. The Bertz CT molecular complexity index is 1270. The first-order chi connectivity index (χ1) is 15.8. The fourth-order valence-corrected chi connectivity index (χ4v) is 3.92. The van der Waals surface area contributed by atoms with Crippen molar-refractivity contribution in [1.29, 1.82) is 0 Å². The fraction of sp³-hybridized carbons (Fsp3) is 0.207. The molecule has 0 aliphatic rings. The third-order valence-corrected chi connectivity index (χ3v) is 5.89. The monoisotopic (exact) mass is 438 g/mol. The molecule has 4 aromatic rings. The number of nitrogen functional groups attached to an aromatic ring is 1. The zero-order chi connectivity index (χ0) is 23.6. The number of nitrogens with two attached hydrogens (primary N) is 1. The summed E-state index contributed by atoms with van der Waals surface area (Å²) in [6, 6.07) is 24.7. The van der Waals surface area contributed by atoms with Crippen molar-refractivity contribution in [1.82, 2.24) is 4.98 Å². The topological polar surface area (TPSA) is 57.4 Å². The van der Waals surface area contributed by atoms with Crippen molar-refractivity contribution in [3.8, 4) is 45.0 Å². The summed E-state index contributed by atoms with van der Waals surface area (Å²) in [5.41, 5.74) is 14.6. The molecule has 1 aromatic heterocycles. The number of methoxy groups -OCH3 is 2. The largest absolute Gasteiger partial charge is 0.497 e. The van der Waals surface area contributed by atoms with Gasteiger partial charge in [0.25, 0.3) is 0 Å². The first-order valence-electron chi connectivity index (χ1n) is 11.0. The molecule has 0 saturated heterocycles. The minimum Gasteiger partial charge on any atom is -0.497 e. The Hall–Kier alpha value is -3.79. The number of hydrogen-bond acceptors (Lipinski definition) is 4. The van der Waals surface area contributed by atoms with E-state index < -0.39 is 0 Å². The van der Waals surface area contributed by atoms with Crippen LogP contribution < -0.4 is 15.2 Å². The van der Waals surface area contributed by atoms with Gasteiger partial charge in [0.2, 0.25) is 0 Å². The highest BCUT2D eigenvalue weighted by Gasteiger charge is 2.14. The maximum atomic E-state index is 6.51. The van der Waals surface area contributed by atoms with Gasteiger partial charge < -0.3 is 15.2 Å². The van der Waals surface area contributed by atoms with E-state index in [1.165, 1.54) is 5.56 Å². The van der Waals surface area contributed by atoms with E-state index in [1.54, 1.807) is 20.4 Å². The highest BCUT2D eigenvalue weighted by Crippen LogP contribution is 2.36. The molecule has 0 saturated carbocycles. The molecular formula is C29H30N2O2. The predicted octanol–water partition coefficient (Wildman–Crippen LogP) is 6.98. The normalized spacial score (nSPS) is 11.3. The number of hydrogen-bond donors (Lipinski definition) is 1. The average molecular weight is 439 g/mol. The van der Waals surface area contributed by atoms with Crippen molar-refractivity contribution in [2.45, 2.75) is 26.2 Å². The first kappa shape index (κ1) is 22.4. The zero-order valence-corrected chi connectivity index (χ0v) is 19.8. The number of nitrogens with zero attached hydrogens (tertiary/aromatic N) is 1. The second-order valence-corrected chi connectivity index (χ2v) is 9.13. The summed E-state index contributed by atoms with van der Waals surface area (Å²) in [6.07, 6.45) is 1.80. The van der Waals surface area contributed by atoms with E-state index in [2.05, 4.69) is 62.2 Å². The Labute approximate surface area is 196 Å². The number of pyridine rings is 1. The van der Waals surface area contributed by atoms with Gasteiger partial charge in [-0.2, -0.15) is 0 Å². The van der Waals surface area contributed by atoms with Gasteiger partial charge >= 0.3 is 0 Å². The molecule has 0 bridgehead atoms. The average Bonchev–Trinajstić information content (AvgIpc) is 2.83. The van der Waals surface area contributed by atoms with E-state index >= 15 is 0 Å². The van der Waals surface area contributed by atoms with Crippen molar-refractivity contribution in [2.75, 3.05) is 20.0 Å². The van der Waals surface area contributed by atoms with Gasteiger partial charge in [0.05, 0.1) is 19.9 Å². The molecule has 0 atom stereocenters. The van der Waals surface area contributed by atoms with Crippen molar-refractivity contribution < 1.29 is 9.47 Å². The lowest BCUT2D eigenvalue weighted by Crippen LogP contribution is -2.10. The maximum absolute atomic E-state index is 6.51. The van der Waals surface area contributed by atoms with Crippen LogP contribution in [-0.4, -0.2) is 19.2 Å². The summed E-state index contributed by atoms with van der Waals surface area (Å²) in [4.78, 5) is 4.56. The molecule has 2 N–H and O–H groups in total. The minimum absolute atomic E-state index is 0.132. The van der Waals surface area contributed by atoms with E-state index in [1.807, 2.05) is 36.4 Å². The smallest absolute Gasteiger partial charge is 0.131 e. The molecule has 4 nitrogen and oxygen atoms in total. The molecule has 168 valence electrons. The summed E-state index contributed by atoms with van der Waals surface area (Å²) in [7, 11) is 3.28. The van der Waals surface area contributed by atoms with E-state index in [4.69, 9.17) is 15.2 Å². The summed E-state index contributed by atoms with van der Waals surface area (Å²) in [6.45, 7) is 6.66. The Morgan fingerprint density at radius 3 is 2.03 bits per heavy atom. The quantitative estimate of drug-likeness (QED) is 0.342.